The van der Waals surface area contributed by atoms with Gasteiger partial charge in [-0.3, -0.25) is 9.59 Å². The molecule has 1 N–H and O–H groups in total. The van der Waals surface area contributed by atoms with Crippen molar-refractivity contribution in [1.82, 2.24) is 9.78 Å². The van der Waals surface area contributed by atoms with E-state index in [1.807, 2.05) is 60.1 Å². The summed E-state index contributed by atoms with van der Waals surface area (Å²) < 4.78 is 1.83. The molecule has 2 aliphatic rings. The smallest absolute Gasteiger partial charge is 0.230 e. The maximum atomic E-state index is 13.1. The fourth-order valence-corrected chi connectivity index (χ4v) is 5.08. The topological polar surface area (TPSA) is 67.2 Å². The maximum Gasteiger partial charge on any atom is 0.230 e. The summed E-state index contributed by atoms with van der Waals surface area (Å²) in [6.07, 6.45) is 0.219. The average Bonchev–Trinajstić information content (AvgIpc) is 3.44. The number of anilines is 2. The third-order valence-electron chi connectivity index (χ3n) is 5.60. The van der Waals surface area contributed by atoms with Crippen LogP contribution in [0.15, 0.2) is 54.6 Å². The molecule has 1 aromatic heterocycles. The number of fused-ring (bicyclic) bond motifs is 1. The Morgan fingerprint density at radius 2 is 1.90 bits per heavy atom. The highest BCUT2D eigenvalue weighted by molar-refractivity contribution is 7.98. The summed E-state index contributed by atoms with van der Waals surface area (Å²) in [7, 11) is 0. The molecule has 152 valence electrons. The van der Waals surface area contributed by atoms with Gasteiger partial charge in [-0.1, -0.05) is 30.3 Å². The Balaban J connectivity index is 1.41. The van der Waals surface area contributed by atoms with Crippen molar-refractivity contribution in [3.05, 3.63) is 71.4 Å². The van der Waals surface area contributed by atoms with Gasteiger partial charge in [-0.2, -0.15) is 16.9 Å². The Morgan fingerprint density at radius 1 is 1.10 bits per heavy atom. The van der Waals surface area contributed by atoms with Gasteiger partial charge in [-0.25, -0.2) is 4.68 Å². The molecular formula is C23H22N4O2S. The summed E-state index contributed by atoms with van der Waals surface area (Å²) in [5.74, 6) is 1.88. The van der Waals surface area contributed by atoms with Crippen LogP contribution in [-0.4, -0.2) is 28.1 Å². The summed E-state index contributed by atoms with van der Waals surface area (Å²) in [6, 6.07) is 17.6. The van der Waals surface area contributed by atoms with Crippen LogP contribution in [-0.2, 0) is 21.1 Å². The molecule has 7 heteroatoms. The number of carbonyl (C=O) groups excluding carboxylic acids is 2. The van der Waals surface area contributed by atoms with Crippen molar-refractivity contribution in [3.63, 3.8) is 0 Å². The van der Waals surface area contributed by atoms with Gasteiger partial charge in [0.2, 0.25) is 11.8 Å². The van der Waals surface area contributed by atoms with Gasteiger partial charge in [0.25, 0.3) is 0 Å². The number of rotatable bonds is 4. The summed E-state index contributed by atoms with van der Waals surface area (Å²) >= 11 is 1.80. The monoisotopic (exact) mass is 418 g/mol. The summed E-state index contributed by atoms with van der Waals surface area (Å²) in [6.45, 7) is 2.43. The van der Waals surface area contributed by atoms with Gasteiger partial charge in [0.05, 0.1) is 17.3 Å². The molecule has 0 spiro atoms. The van der Waals surface area contributed by atoms with Crippen molar-refractivity contribution in [2.45, 2.75) is 24.9 Å². The lowest BCUT2D eigenvalue weighted by molar-refractivity contribution is -0.122. The number of aryl methyl sites for hydroxylation is 1. The van der Waals surface area contributed by atoms with E-state index in [0.29, 0.717) is 6.54 Å². The van der Waals surface area contributed by atoms with Gasteiger partial charge >= 0.3 is 0 Å². The Morgan fingerprint density at radius 3 is 2.70 bits per heavy atom. The van der Waals surface area contributed by atoms with E-state index in [1.165, 1.54) is 0 Å². The molecule has 1 fully saturated rings. The molecule has 6 nitrogen and oxygen atoms in total. The molecule has 0 radical (unpaired) electrons. The quantitative estimate of drug-likeness (QED) is 0.697. The second kappa shape index (κ2) is 7.65. The van der Waals surface area contributed by atoms with E-state index in [2.05, 4.69) is 11.4 Å². The van der Waals surface area contributed by atoms with Crippen LogP contribution in [0.2, 0.25) is 0 Å². The number of aromatic nitrogens is 2. The molecule has 0 saturated carbocycles. The Labute approximate surface area is 179 Å². The van der Waals surface area contributed by atoms with Crippen molar-refractivity contribution in [2.75, 3.05) is 16.8 Å². The lowest BCUT2D eigenvalue weighted by atomic mass is 10.1. The van der Waals surface area contributed by atoms with Gasteiger partial charge < -0.3 is 10.2 Å². The molecule has 1 saturated heterocycles. The number of amides is 2. The minimum absolute atomic E-state index is 0.0191. The number of hydrogen-bond donors (Lipinski definition) is 1. The van der Waals surface area contributed by atoms with Crippen LogP contribution in [0.4, 0.5) is 11.5 Å². The molecule has 2 aromatic carbocycles. The molecule has 30 heavy (non-hydrogen) atoms. The average molecular weight is 419 g/mol. The number of nitrogens with one attached hydrogen (secondary N) is 1. The van der Waals surface area contributed by atoms with Crippen LogP contribution >= 0.6 is 11.8 Å². The largest absolute Gasteiger partial charge is 0.312 e. The molecule has 2 amide bonds. The number of thioether (sulfide) groups is 1. The fraction of sp³-hybridized carbons (Fsp3) is 0.261. The Kier molecular flexibility index (Phi) is 4.83. The van der Waals surface area contributed by atoms with Crippen molar-refractivity contribution >= 4 is 35.1 Å². The second-order valence-corrected chi connectivity index (χ2v) is 8.73. The first-order valence-corrected chi connectivity index (χ1v) is 11.2. The first-order chi connectivity index (χ1) is 14.6. The lowest BCUT2D eigenvalue weighted by Crippen LogP contribution is -2.28. The van der Waals surface area contributed by atoms with Crippen molar-refractivity contribution in [2.24, 2.45) is 5.92 Å². The zero-order valence-corrected chi connectivity index (χ0v) is 17.5. The van der Waals surface area contributed by atoms with E-state index in [9.17, 15) is 9.59 Å². The van der Waals surface area contributed by atoms with Crippen molar-refractivity contribution < 1.29 is 9.59 Å². The summed E-state index contributed by atoms with van der Waals surface area (Å²) in [5.41, 5.74) is 5.00. The third-order valence-corrected chi connectivity index (χ3v) is 6.57. The number of hydrogen-bond acceptors (Lipinski definition) is 4. The number of benzene rings is 2. The number of carbonyl (C=O) groups is 2. The molecule has 3 heterocycles. The Bertz CT molecular complexity index is 1130. The van der Waals surface area contributed by atoms with Gasteiger partial charge in [0.15, 0.2) is 0 Å². The molecule has 2 aliphatic heterocycles. The van der Waals surface area contributed by atoms with Crippen LogP contribution in [0.3, 0.4) is 0 Å². The number of nitrogens with zero attached hydrogens (tertiary/aromatic N) is 3. The van der Waals surface area contributed by atoms with Gasteiger partial charge in [0.1, 0.15) is 5.82 Å². The highest BCUT2D eigenvalue weighted by atomic mass is 32.2. The molecular weight excluding hydrogens is 396 g/mol. The summed E-state index contributed by atoms with van der Waals surface area (Å²) in [5, 5.41) is 7.88. The van der Waals surface area contributed by atoms with Crippen LogP contribution < -0.4 is 10.2 Å². The minimum atomic E-state index is -0.386. The van der Waals surface area contributed by atoms with Gasteiger partial charge in [-0.05, 0) is 36.8 Å². The predicted molar refractivity (Wildman–Crippen MR) is 119 cm³/mol. The fourth-order valence-electron chi connectivity index (χ4n) is 4.05. The molecule has 0 unspecified atom stereocenters. The minimum Gasteiger partial charge on any atom is -0.312 e. The van der Waals surface area contributed by atoms with E-state index in [-0.39, 0.29) is 24.2 Å². The van der Waals surface area contributed by atoms with Crippen LogP contribution in [0.5, 0.6) is 0 Å². The maximum absolute atomic E-state index is 13.1. The van der Waals surface area contributed by atoms with E-state index >= 15 is 0 Å². The molecule has 3 aromatic rings. The highest BCUT2D eigenvalue weighted by Crippen LogP contribution is 2.37. The predicted octanol–water partition coefficient (Wildman–Crippen LogP) is 3.92. The Hall–Kier alpha value is -3.06. The summed E-state index contributed by atoms with van der Waals surface area (Å²) in [4.78, 5) is 27.4. The van der Waals surface area contributed by atoms with E-state index in [0.717, 1.165) is 45.5 Å². The highest BCUT2D eigenvalue weighted by Gasteiger charge is 2.36. The standard InChI is InChI=1S/C23H22N4O2S/c1-15-6-5-9-18(10-15)27-22(19-13-30-14-20(19)25-27)24-23(29)16-11-21(28)26(12-16)17-7-3-2-4-8-17/h2-10,16H,11-14H2,1H3,(H,24,29)/t16-/m0/s1. The lowest BCUT2D eigenvalue weighted by Gasteiger charge is -2.17. The second-order valence-electron chi connectivity index (χ2n) is 7.75. The SMILES string of the molecule is Cc1cccc(-n2nc3c(c2NC(=O)[C@H]2CC(=O)N(c4ccccc4)C2)CSC3)c1. The van der Waals surface area contributed by atoms with E-state index in [4.69, 9.17) is 5.10 Å². The third kappa shape index (κ3) is 3.39. The van der Waals surface area contributed by atoms with Crippen molar-refractivity contribution in [3.8, 4) is 5.69 Å². The molecule has 5 rings (SSSR count). The zero-order chi connectivity index (χ0) is 20.7. The van der Waals surface area contributed by atoms with E-state index < -0.39 is 0 Å². The van der Waals surface area contributed by atoms with Crippen LogP contribution in [0.25, 0.3) is 5.69 Å². The molecule has 1 atom stereocenters. The first-order valence-electron chi connectivity index (χ1n) is 10.0. The molecule has 0 aliphatic carbocycles. The molecule has 0 bridgehead atoms. The van der Waals surface area contributed by atoms with Gasteiger partial charge in [-0.15, -0.1) is 0 Å². The number of para-hydroxylation sites is 1. The first kappa shape index (κ1) is 18.9. The van der Waals surface area contributed by atoms with Crippen LogP contribution in [0, 0.1) is 12.8 Å². The normalized spacial score (nSPS) is 18.0. The van der Waals surface area contributed by atoms with Crippen LogP contribution in [0.1, 0.15) is 23.2 Å². The van der Waals surface area contributed by atoms with Crippen molar-refractivity contribution in [1.29, 1.82) is 0 Å². The van der Waals surface area contributed by atoms with E-state index in [1.54, 1.807) is 16.7 Å². The zero-order valence-electron chi connectivity index (χ0n) is 16.7. The van der Waals surface area contributed by atoms with Gasteiger partial charge in [0, 0.05) is 35.7 Å².